The normalized spacial score (nSPS) is 11.3. The molecule has 0 aliphatic heterocycles. The third-order valence-electron chi connectivity index (χ3n) is 2.66. The smallest absolute Gasteiger partial charge is 0.422 e. The van der Waals surface area contributed by atoms with E-state index in [4.69, 9.17) is 0 Å². The lowest BCUT2D eigenvalue weighted by Gasteiger charge is -2.10. The topological polar surface area (TPSA) is 59.9 Å². The number of benzene rings is 1. The van der Waals surface area contributed by atoms with Crippen molar-refractivity contribution in [2.24, 2.45) is 0 Å². The molecule has 0 unspecified atom stereocenters. The summed E-state index contributed by atoms with van der Waals surface area (Å²) in [6, 6.07) is 7.46. The first kappa shape index (κ1) is 16.0. The van der Waals surface area contributed by atoms with Gasteiger partial charge in [-0.1, -0.05) is 29.8 Å². The van der Waals surface area contributed by atoms with E-state index in [0.717, 1.165) is 11.1 Å². The fourth-order valence-corrected chi connectivity index (χ4v) is 1.63. The van der Waals surface area contributed by atoms with Gasteiger partial charge in [0.15, 0.2) is 6.61 Å². The Kier molecular flexibility index (Phi) is 4.79. The number of hydrogen-bond acceptors (Lipinski definition) is 5. The number of nitrogens with one attached hydrogen (secondary N) is 1. The van der Waals surface area contributed by atoms with Crippen molar-refractivity contribution in [3.05, 3.63) is 41.2 Å². The van der Waals surface area contributed by atoms with Crippen LogP contribution in [-0.2, 0) is 6.54 Å². The summed E-state index contributed by atoms with van der Waals surface area (Å²) in [6.45, 7) is 2.55. The Labute approximate surface area is 125 Å². The average Bonchev–Trinajstić information content (AvgIpc) is 2.43. The third-order valence-corrected chi connectivity index (χ3v) is 2.66. The highest BCUT2D eigenvalue weighted by Gasteiger charge is 2.29. The van der Waals surface area contributed by atoms with Crippen LogP contribution >= 0.6 is 0 Å². The number of halogens is 3. The van der Waals surface area contributed by atoms with Crippen LogP contribution in [0.25, 0.3) is 0 Å². The number of nitrogens with zero attached hydrogens (tertiary/aromatic N) is 3. The highest BCUT2D eigenvalue weighted by molar-refractivity contribution is 5.29. The molecule has 118 valence electrons. The monoisotopic (exact) mass is 312 g/mol. The molecule has 0 atom stereocenters. The SMILES string of the molecule is Cc1ccc(CNc2nc(C)nc(OCC(F)(F)F)n2)cc1. The molecular formula is C14H15F3N4O. The van der Waals surface area contributed by atoms with E-state index in [1.54, 1.807) is 6.92 Å². The minimum absolute atomic E-state index is 0.172. The van der Waals surface area contributed by atoms with Crippen molar-refractivity contribution < 1.29 is 17.9 Å². The van der Waals surface area contributed by atoms with E-state index in [2.05, 4.69) is 25.0 Å². The lowest BCUT2D eigenvalue weighted by atomic mass is 10.1. The lowest BCUT2D eigenvalue weighted by molar-refractivity contribution is -0.154. The van der Waals surface area contributed by atoms with Crippen molar-refractivity contribution in [1.82, 2.24) is 15.0 Å². The molecule has 0 aliphatic rings. The fraction of sp³-hybridized carbons (Fsp3) is 0.357. The predicted molar refractivity (Wildman–Crippen MR) is 74.6 cm³/mol. The van der Waals surface area contributed by atoms with Crippen molar-refractivity contribution in [3.8, 4) is 6.01 Å². The Morgan fingerprint density at radius 3 is 2.36 bits per heavy atom. The molecule has 2 aromatic rings. The summed E-state index contributed by atoms with van der Waals surface area (Å²) in [7, 11) is 0. The van der Waals surface area contributed by atoms with Gasteiger partial charge >= 0.3 is 12.2 Å². The first-order chi connectivity index (χ1) is 10.3. The van der Waals surface area contributed by atoms with E-state index in [1.165, 1.54) is 0 Å². The van der Waals surface area contributed by atoms with Crippen LogP contribution in [-0.4, -0.2) is 27.7 Å². The van der Waals surface area contributed by atoms with Crippen LogP contribution in [0, 0.1) is 13.8 Å². The van der Waals surface area contributed by atoms with Crippen LogP contribution in [0.15, 0.2) is 24.3 Å². The van der Waals surface area contributed by atoms with Gasteiger partial charge in [0, 0.05) is 6.54 Å². The molecule has 0 fully saturated rings. The van der Waals surface area contributed by atoms with Gasteiger partial charge in [-0.2, -0.15) is 28.1 Å². The van der Waals surface area contributed by atoms with Crippen molar-refractivity contribution in [2.75, 3.05) is 11.9 Å². The van der Waals surface area contributed by atoms with Crippen LogP contribution in [0.2, 0.25) is 0 Å². The number of alkyl halides is 3. The summed E-state index contributed by atoms with van der Waals surface area (Å²) in [4.78, 5) is 11.5. The minimum atomic E-state index is -4.43. The second-order valence-corrected chi connectivity index (χ2v) is 4.73. The molecule has 1 aromatic carbocycles. The standard InChI is InChI=1S/C14H15F3N4O/c1-9-3-5-11(6-4-9)7-18-12-19-10(2)20-13(21-12)22-8-14(15,16)17/h3-6H,7-8H2,1-2H3,(H,18,19,20,21). The molecule has 0 bridgehead atoms. The molecular weight excluding hydrogens is 297 g/mol. The van der Waals surface area contributed by atoms with E-state index in [0.29, 0.717) is 6.54 Å². The molecule has 1 N–H and O–H groups in total. The first-order valence-electron chi connectivity index (χ1n) is 6.53. The lowest BCUT2D eigenvalue weighted by Crippen LogP contribution is -2.20. The molecule has 0 saturated carbocycles. The molecule has 5 nitrogen and oxygen atoms in total. The summed E-state index contributed by atoms with van der Waals surface area (Å²) >= 11 is 0. The first-order valence-corrected chi connectivity index (χ1v) is 6.53. The van der Waals surface area contributed by atoms with Crippen LogP contribution in [0.5, 0.6) is 6.01 Å². The molecule has 0 spiro atoms. The number of hydrogen-bond donors (Lipinski definition) is 1. The van der Waals surface area contributed by atoms with E-state index >= 15 is 0 Å². The summed E-state index contributed by atoms with van der Waals surface area (Å²) in [5.74, 6) is 0.448. The van der Waals surface area contributed by atoms with Gasteiger partial charge in [-0.3, -0.25) is 0 Å². The number of aryl methyl sites for hydroxylation is 2. The summed E-state index contributed by atoms with van der Waals surface area (Å²) in [6.07, 6.45) is -4.43. The Morgan fingerprint density at radius 2 is 1.73 bits per heavy atom. The van der Waals surface area contributed by atoms with Crippen molar-refractivity contribution in [1.29, 1.82) is 0 Å². The Hall–Kier alpha value is -2.38. The molecule has 0 aliphatic carbocycles. The van der Waals surface area contributed by atoms with Crippen molar-refractivity contribution in [3.63, 3.8) is 0 Å². The maximum Gasteiger partial charge on any atom is 0.422 e. The van der Waals surface area contributed by atoms with Gasteiger partial charge < -0.3 is 10.1 Å². The molecule has 22 heavy (non-hydrogen) atoms. The Bertz CT molecular complexity index is 629. The second-order valence-electron chi connectivity index (χ2n) is 4.73. The van der Waals surface area contributed by atoms with E-state index in [1.807, 2.05) is 31.2 Å². The predicted octanol–water partition coefficient (Wildman–Crippen LogP) is 3.04. The van der Waals surface area contributed by atoms with E-state index < -0.39 is 12.8 Å². The summed E-state index contributed by atoms with van der Waals surface area (Å²) in [5, 5.41) is 2.94. The Morgan fingerprint density at radius 1 is 1.05 bits per heavy atom. The number of ether oxygens (including phenoxy) is 1. The van der Waals surface area contributed by atoms with Crippen LogP contribution < -0.4 is 10.1 Å². The van der Waals surface area contributed by atoms with Gasteiger partial charge in [0.2, 0.25) is 5.95 Å². The van der Waals surface area contributed by atoms with Gasteiger partial charge in [-0.05, 0) is 19.4 Å². The Balaban J connectivity index is 2.01. The summed E-state index contributed by atoms with van der Waals surface area (Å²) < 4.78 is 40.9. The molecule has 0 saturated heterocycles. The number of rotatable bonds is 5. The number of aromatic nitrogens is 3. The van der Waals surface area contributed by atoms with Crippen molar-refractivity contribution >= 4 is 5.95 Å². The second kappa shape index (κ2) is 6.59. The molecule has 1 heterocycles. The van der Waals surface area contributed by atoms with E-state index in [-0.39, 0.29) is 17.8 Å². The molecule has 0 radical (unpaired) electrons. The fourth-order valence-electron chi connectivity index (χ4n) is 1.63. The van der Waals surface area contributed by atoms with Gasteiger partial charge in [-0.15, -0.1) is 0 Å². The molecule has 2 rings (SSSR count). The minimum Gasteiger partial charge on any atom is -0.454 e. The van der Waals surface area contributed by atoms with Gasteiger partial charge in [0.1, 0.15) is 5.82 Å². The maximum atomic E-state index is 12.1. The third kappa shape index (κ3) is 5.19. The van der Waals surface area contributed by atoms with Crippen molar-refractivity contribution in [2.45, 2.75) is 26.6 Å². The molecule has 0 amide bonds. The zero-order chi connectivity index (χ0) is 16.2. The van der Waals surface area contributed by atoms with E-state index in [9.17, 15) is 13.2 Å². The van der Waals surface area contributed by atoms with Gasteiger partial charge in [0.25, 0.3) is 0 Å². The van der Waals surface area contributed by atoms with Gasteiger partial charge in [-0.25, -0.2) is 0 Å². The highest BCUT2D eigenvalue weighted by Crippen LogP contribution is 2.17. The van der Waals surface area contributed by atoms with Crippen LogP contribution in [0.3, 0.4) is 0 Å². The molecule has 8 heteroatoms. The largest absolute Gasteiger partial charge is 0.454 e. The summed E-state index contributed by atoms with van der Waals surface area (Å²) in [5.41, 5.74) is 2.14. The number of anilines is 1. The maximum absolute atomic E-state index is 12.1. The zero-order valence-electron chi connectivity index (χ0n) is 12.1. The zero-order valence-corrected chi connectivity index (χ0v) is 12.1. The van der Waals surface area contributed by atoms with Crippen LogP contribution in [0.4, 0.5) is 19.1 Å². The van der Waals surface area contributed by atoms with Gasteiger partial charge in [0.05, 0.1) is 0 Å². The van der Waals surface area contributed by atoms with Crippen LogP contribution in [0.1, 0.15) is 17.0 Å². The molecule has 1 aromatic heterocycles. The highest BCUT2D eigenvalue weighted by atomic mass is 19.4. The quantitative estimate of drug-likeness (QED) is 0.919. The average molecular weight is 312 g/mol.